The molecule has 100 valence electrons. The van der Waals surface area contributed by atoms with Crippen LogP contribution in [-0.4, -0.2) is 17.0 Å². The molecule has 0 saturated heterocycles. The Morgan fingerprint density at radius 2 is 2.21 bits per heavy atom. The summed E-state index contributed by atoms with van der Waals surface area (Å²) in [5, 5.41) is 3.04. The van der Waals surface area contributed by atoms with Crippen molar-refractivity contribution in [3.8, 4) is 11.8 Å². The third kappa shape index (κ3) is 3.48. The van der Waals surface area contributed by atoms with E-state index in [-0.39, 0.29) is 11.8 Å². The van der Waals surface area contributed by atoms with Crippen LogP contribution < -0.4 is 10.1 Å². The van der Waals surface area contributed by atoms with Crippen molar-refractivity contribution in [2.75, 3.05) is 7.05 Å². The summed E-state index contributed by atoms with van der Waals surface area (Å²) in [6.07, 6.45) is 1.72. The fraction of sp³-hybridized carbons (Fsp3) is 0.231. The summed E-state index contributed by atoms with van der Waals surface area (Å²) in [5.41, 5.74) is 1.86. The van der Waals surface area contributed by atoms with E-state index < -0.39 is 0 Å². The first kappa shape index (κ1) is 13.9. The van der Waals surface area contributed by atoms with E-state index in [1.54, 1.807) is 6.20 Å². The number of ether oxygens (including phenoxy) is 1. The van der Waals surface area contributed by atoms with Gasteiger partial charge in [0.2, 0.25) is 0 Å². The molecule has 19 heavy (non-hydrogen) atoms. The summed E-state index contributed by atoms with van der Waals surface area (Å²) < 4.78 is 18.9. The minimum atomic E-state index is -0.339. The van der Waals surface area contributed by atoms with Gasteiger partial charge in [-0.2, -0.15) is 4.98 Å². The number of rotatable bonds is 4. The van der Waals surface area contributed by atoms with E-state index in [9.17, 15) is 4.39 Å². The van der Waals surface area contributed by atoms with Crippen LogP contribution in [0.25, 0.3) is 0 Å². The molecule has 0 aliphatic carbocycles. The van der Waals surface area contributed by atoms with Gasteiger partial charge in [-0.3, -0.25) is 0 Å². The van der Waals surface area contributed by atoms with Gasteiger partial charge in [0.1, 0.15) is 11.6 Å². The first-order valence-corrected chi connectivity index (χ1v) is 6.49. The second-order valence-electron chi connectivity index (χ2n) is 3.97. The number of nitrogens with one attached hydrogen (secondary N) is 1. The maximum atomic E-state index is 13.1. The summed E-state index contributed by atoms with van der Waals surface area (Å²) in [7, 11) is 1.86. The normalized spacial score (nSPS) is 10.5. The van der Waals surface area contributed by atoms with E-state index in [4.69, 9.17) is 4.74 Å². The van der Waals surface area contributed by atoms with Crippen LogP contribution >= 0.6 is 15.9 Å². The predicted octanol–water partition coefficient (Wildman–Crippen LogP) is 3.20. The van der Waals surface area contributed by atoms with E-state index in [1.807, 2.05) is 14.0 Å². The highest BCUT2D eigenvalue weighted by atomic mass is 79.9. The number of benzene rings is 1. The summed E-state index contributed by atoms with van der Waals surface area (Å²) in [4.78, 5) is 8.38. The molecule has 0 amide bonds. The lowest BCUT2D eigenvalue weighted by molar-refractivity contribution is 0.437. The third-order valence-electron chi connectivity index (χ3n) is 2.53. The molecule has 0 aliphatic rings. The van der Waals surface area contributed by atoms with Crippen molar-refractivity contribution >= 4 is 15.9 Å². The van der Waals surface area contributed by atoms with Crippen LogP contribution in [0.2, 0.25) is 0 Å². The first-order valence-electron chi connectivity index (χ1n) is 5.70. The molecule has 6 heteroatoms. The molecular formula is C13H13BrFN3O. The zero-order valence-electron chi connectivity index (χ0n) is 10.6. The Bertz CT molecular complexity index is 592. The first-order chi connectivity index (χ1) is 9.10. The van der Waals surface area contributed by atoms with Crippen molar-refractivity contribution in [1.29, 1.82) is 0 Å². The van der Waals surface area contributed by atoms with Crippen molar-refractivity contribution in [2.24, 2.45) is 0 Å². The van der Waals surface area contributed by atoms with Crippen molar-refractivity contribution in [3.05, 3.63) is 45.9 Å². The molecular weight excluding hydrogens is 313 g/mol. The molecule has 0 atom stereocenters. The van der Waals surface area contributed by atoms with Crippen LogP contribution in [0.1, 0.15) is 11.3 Å². The third-order valence-corrected chi connectivity index (χ3v) is 3.13. The standard InChI is InChI=1S/C13H13BrFN3O/c1-8-9(6-16-2)7-17-13(18-8)19-10-3-4-12(15)11(14)5-10/h3-5,7,16H,6H2,1-2H3. The molecule has 1 heterocycles. The van der Waals surface area contributed by atoms with Gasteiger partial charge >= 0.3 is 6.01 Å². The highest BCUT2D eigenvalue weighted by Gasteiger charge is 2.06. The highest BCUT2D eigenvalue weighted by molar-refractivity contribution is 9.10. The number of hydrogen-bond acceptors (Lipinski definition) is 4. The fourth-order valence-corrected chi connectivity index (χ4v) is 1.89. The van der Waals surface area contributed by atoms with Gasteiger partial charge < -0.3 is 10.1 Å². The van der Waals surface area contributed by atoms with Crippen molar-refractivity contribution in [1.82, 2.24) is 15.3 Å². The molecule has 0 saturated carbocycles. The molecule has 0 radical (unpaired) electrons. The maximum Gasteiger partial charge on any atom is 0.322 e. The van der Waals surface area contributed by atoms with Gasteiger partial charge in [0.25, 0.3) is 0 Å². The maximum absolute atomic E-state index is 13.1. The SMILES string of the molecule is CNCc1cnc(Oc2ccc(F)c(Br)c2)nc1C. The van der Waals surface area contributed by atoms with Crippen LogP contribution in [0.4, 0.5) is 4.39 Å². The zero-order valence-corrected chi connectivity index (χ0v) is 12.2. The van der Waals surface area contributed by atoms with Gasteiger partial charge in [-0.1, -0.05) is 0 Å². The molecule has 2 rings (SSSR count). The lowest BCUT2D eigenvalue weighted by Crippen LogP contribution is -2.08. The van der Waals surface area contributed by atoms with Crippen molar-refractivity contribution in [2.45, 2.75) is 13.5 Å². The average Bonchev–Trinajstić information content (AvgIpc) is 2.37. The molecule has 4 nitrogen and oxygen atoms in total. The lowest BCUT2D eigenvalue weighted by atomic mass is 10.2. The Hall–Kier alpha value is -1.53. The Kier molecular flexibility index (Phi) is 4.44. The molecule has 0 unspecified atom stereocenters. The number of aryl methyl sites for hydroxylation is 1. The van der Waals surface area contributed by atoms with E-state index in [2.05, 4.69) is 31.2 Å². The number of aromatic nitrogens is 2. The highest BCUT2D eigenvalue weighted by Crippen LogP contribution is 2.24. The largest absolute Gasteiger partial charge is 0.424 e. The average molecular weight is 326 g/mol. The smallest absolute Gasteiger partial charge is 0.322 e. The summed E-state index contributed by atoms with van der Waals surface area (Å²) in [5.74, 6) is 0.142. The fourth-order valence-electron chi connectivity index (χ4n) is 1.53. The quantitative estimate of drug-likeness (QED) is 0.937. The summed E-state index contributed by atoms with van der Waals surface area (Å²) in [6, 6.07) is 4.63. The Labute approximate surface area is 119 Å². The Morgan fingerprint density at radius 1 is 1.42 bits per heavy atom. The molecule has 0 spiro atoms. The predicted molar refractivity (Wildman–Crippen MR) is 73.7 cm³/mol. The molecule has 1 aromatic heterocycles. The minimum absolute atomic E-state index is 0.246. The summed E-state index contributed by atoms with van der Waals surface area (Å²) in [6.45, 7) is 2.59. The molecule has 0 bridgehead atoms. The van der Waals surface area contributed by atoms with Gasteiger partial charge in [-0.25, -0.2) is 9.37 Å². The molecule has 2 aromatic rings. The monoisotopic (exact) mass is 325 g/mol. The van der Waals surface area contributed by atoms with Gasteiger partial charge in [-0.15, -0.1) is 0 Å². The number of halogens is 2. The van der Waals surface area contributed by atoms with Crippen molar-refractivity contribution < 1.29 is 9.13 Å². The number of hydrogen-bond donors (Lipinski definition) is 1. The molecule has 1 N–H and O–H groups in total. The van der Waals surface area contributed by atoms with Crippen LogP contribution in [0.3, 0.4) is 0 Å². The number of nitrogens with zero attached hydrogens (tertiary/aromatic N) is 2. The van der Waals surface area contributed by atoms with Gasteiger partial charge in [-0.05, 0) is 48.1 Å². The van der Waals surface area contributed by atoms with Crippen LogP contribution in [-0.2, 0) is 6.54 Å². The van der Waals surface area contributed by atoms with Gasteiger partial charge in [0.15, 0.2) is 0 Å². The van der Waals surface area contributed by atoms with Gasteiger partial charge in [0, 0.05) is 24.0 Å². The molecule has 1 aromatic carbocycles. The second-order valence-corrected chi connectivity index (χ2v) is 4.83. The minimum Gasteiger partial charge on any atom is -0.424 e. The van der Waals surface area contributed by atoms with E-state index in [1.165, 1.54) is 18.2 Å². The van der Waals surface area contributed by atoms with Crippen LogP contribution in [0.5, 0.6) is 11.8 Å². The molecule has 0 aliphatic heterocycles. The van der Waals surface area contributed by atoms with Gasteiger partial charge in [0.05, 0.1) is 4.47 Å². The summed E-state index contributed by atoms with van der Waals surface area (Å²) >= 11 is 3.10. The lowest BCUT2D eigenvalue weighted by Gasteiger charge is -2.08. The zero-order chi connectivity index (χ0) is 13.8. The second kappa shape index (κ2) is 6.08. The molecule has 0 fully saturated rings. The van der Waals surface area contributed by atoms with Crippen molar-refractivity contribution in [3.63, 3.8) is 0 Å². The topological polar surface area (TPSA) is 47.0 Å². The van der Waals surface area contributed by atoms with E-state index >= 15 is 0 Å². The van der Waals surface area contributed by atoms with Crippen LogP contribution in [0.15, 0.2) is 28.9 Å². The van der Waals surface area contributed by atoms with Crippen LogP contribution in [0, 0.1) is 12.7 Å². The van der Waals surface area contributed by atoms with E-state index in [0.717, 1.165) is 11.3 Å². The Morgan fingerprint density at radius 3 is 2.84 bits per heavy atom. The Balaban J connectivity index is 2.19. The van der Waals surface area contributed by atoms with E-state index in [0.29, 0.717) is 16.8 Å².